The summed E-state index contributed by atoms with van der Waals surface area (Å²) >= 11 is 0. The van der Waals surface area contributed by atoms with E-state index in [1.165, 1.54) is 19.2 Å². The Morgan fingerprint density at radius 2 is 1.89 bits per heavy atom. The molecule has 27 heavy (non-hydrogen) atoms. The lowest BCUT2D eigenvalue weighted by Gasteiger charge is -2.32. The molecule has 1 aliphatic rings. The smallest absolute Gasteiger partial charge is 0.335 e. The van der Waals surface area contributed by atoms with Gasteiger partial charge in [0.15, 0.2) is 0 Å². The number of methoxy groups -OCH3 is 1. The highest BCUT2D eigenvalue weighted by atomic mass is 19.1. The first kappa shape index (κ1) is 18.9. The van der Waals surface area contributed by atoms with E-state index < -0.39 is 11.8 Å². The van der Waals surface area contributed by atoms with Crippen molar-refractivity contribution in [1.29, 1.82) is 0 Å². The molecular formula is C21H22FNO4. The Labute approximate surface area is 157 Å². The standard InChI is InChI=1S/C21H22FNO4/c1-27-18-7-3-6-17(22)19(18)20(24)23-10-8-14(9-11-23)12-15-4-2-5-16(13-15)21(25)26/h2-7,13-14H,8-12H2,1H3,(H,25,26). The van der Waals surface area contributed by atoms with E-state index in [9.17, 15) is 14.0 Å². The Morgan fingerprint density at radius 3 is 2.56 bits per heavy atom. The van der Waals surface area contributed by atoms with Crippen molar-refractivity contribution < 1.29 is 23.8 Å². The van der Waals surface area contributed by atoms with Crippen LogP contribution in [0.1, 0.15) is 39.1 Å². The lowest BCUT2D eigenvalue weighted by atomic mass is 9.89. The Balaban J connectivity index is 1.63. The number of likely N-dealkylation sites (tertiary alicyclic amines) is 1. The zero-order valence-electron chi connectivity index (χ0n) is 15.2. The van der Waals surface area contributed by atoms with E-state index in [1.54, 1.807) is 29.2 Å². The third kappa shape index (κ3) is 4.27. The number of amides is 1. The van der Waals surface area contributed by atoms with Gasteiger partial charge in [-0.1, -0.05) is 18.2 Å². The maximum atomic E-state index is 14.1. The summed E-state index contributed by atoms with van der Waals surface area (Å²) in [5.74, 6) is -1.26. The third-order valence-corrected chi connectivity index (χ3v) is 5.01. The van der Waals surface area contributed by atoms with E-state index in [2.05, 4.69) is 0 Å². The second-order valence-electron chi connectivity index (χ2n) is 6.76. The van der Waals surface area contributed by atoms with Gasteiger partial charge in [-0.25, -0.2) is 9.18 Å². The monoisotopic (exact) mass is 371 g/mol. The summed E-state index contributed by atoms with van der Waals surface area (Å²) in [4.78, 5) is 25.5. The Bertz CT molecular complexity index is 844. The molecular weight excluding hydrogens is 349 g/mol. The number of halogens is 1. The van der Waals surface area contributed by atoms with Crippen molar-refractivity contribution in [1.82, 2.24) is 4.90 Å². The van der Waals surface area contributed by atoms with Crippen LogP contribution in [0, 0.1) is 11.7 Å². The van der Waals surface area contributed by atoms with Gasteiger partial charge in [-0.05, 0) is 55.0 Å². The molecule has 142 valence electrons. The van der Waals surface area contributed by atoms with Crippen LogP contribution in [0.2, 0.25) is 0 Å². The topological polar surface area (TPSA) is 66.8 Å². The number of carbonyl (C=O) groups is 2. The minimum absolute atomic E-state index is 0.0207. The normalized spacial score (nSPS) is 14.8. The fraction of sp³-hybridized carbons (Fsp3) is 0.333. The number of carboxylic acids is 1. The number of rotatable bonds is 5. The predicted octanol–water partition coefficient (Wildman–Crippen LogP) is 3.63. The minimum Gasteiger partial charge on any atom is -0.496 e. The molecule has 0 unspecified atom stereocenters. The van der Waals surface area contributed by atoms with E-state index in [0.29, 0.717) is 19.0 Å². The average molecular weight is 371 g/mol. The van der Waals surface area contributed by atoms with Crippen LogP contribution in [0.5, 0.6) is 5.75 Å². The van der Waals surface area contributed by atoms with Crippen LogP contribution in [-0.2, 0) is 6.42 Å². The van der Waals surface area contributed by atoms with Crippen molar-refractivity contribution in [3.05, 3.63) is 65.0 Å². The van der Waals surface area contributed by atoms with Gasteiger partial charge >= 0.3 is 5.97 Å². The Kier molecular flexibility index (Phi) is 5.74. The predicted molar refractivity (Wildman–Crippen MR) is 98.7 cm³/mol. The first-order valence-electron chi connectivity index (χ1n) is 8.93. The van der Waals surface area contributed by atoms with Gasteiger partial charge in [-0.2, -0.15) is 0 Å². The fourth-order valence-corrected chi connectivity index (χ4v) is 3.54. The fourth-order valence-electron chi connectivity index (χ4n) is 3.54. The molecule has 0 atom stereocenters. The van der Waals surface area contributed by atoms with Gasteiger partial charge in [0.25, 0.3) is 5.91 Å². The summed E-state index contributed by atoms with van der Waals surface area (Å²) in [6.07, 6.45) is 2.35. The van der Waals surface area contributed by atoms with Crippen LogP contribution in [0.25, 0.3) is 0 Å². The van der Waals surface area contributed by atoms with Gasteiger partial charge in [0.05, 0.1) is 12.7 Å². The van der Waals surface area contributed by atoms with Crippen LogP contribution in [-0.4, -0.2) is 42.1 Å². The van der Waals surface area contributed by atoms with Gasteiger partial charge in [-0.3, -0.25) is 4.79 Å². The second kappa shape index (κ2) is 8.20. The molecule has 1 fully saturated rings. The summed E-state index contributed by atoms with van der Waals surface area (Å²) in [6, 6.07) is 11.3. The highest BCUT2D eigenvalue weighted by Crippen LogP contribution is 2.27. The first-order valence-corrected chi connectivity index (χ1v) is 8.93. The number of carboxylic acid groups (broad SMARTS) is 1. The number of nitrogens with zero attached hydrogens (tertiary/aromatic N) is 1. The van der Waals surface area contributed by atoms with Crippen molar-refractivity contribution in [3.8, 4) is 5.75 Å². The number of ether oxygens (including phenoxy) is 1. The van der Waals surface area contributed by atoms with Crippen molar-refractivity contribution in [2.45, 2.75) is 19.3 Å². The van der Waals surface area contributed by atoms with Crippen molar-refractivity contribution in [3.63, 3.8) is 0 Å². The van der Waals surface area contributed by atoms with Crippen LogP contribution in [0.15, 0.2) is 42.5 Å². The molecule has 0 spiro atoms. The Morgan fingerprint density at radius 1 is 1.19 bits per heavy atom. The van der Waals surface area contributed by atoms with Gasteiger partial charge in [0.2, 0.25) is 0 Å². The van der Waals surface area contributed by atoms with Gasteiger partial charge in [0, 0.05) is 13.1 Å². The molecule has 0 bridgehead atoms. The summed E-state index contributed by atoms with van der Waals surface area (Å²) in [5, 5.41) is 9.10. The van der Waals surface area contributed by atoms with E-state index in [0.717, 1.165) is 24.8 Å². The lowest BCUT2D eigenvalue weighted by Crippen LogP contribution is -2.39. The average Bonchev–Trinajstić information content (AvgIpc) is 2.68. The zero-order valence-corrected chi connectivity index (χ0v) is 15.2. The van der Waals surface area contributed by atoms with Gasteiger partial charge < -0.3 is 14.7 Å². The second-order valence-corrected chi connectivity index (χ2v) is 6.76. The number of carbonyl (C=O) groups excluding carboxylic acids is 1. The molecule has 3 rings (SSSR count). The third-order valence-electron chi connectivity index (χ3n) is 5.01. The summed E-state index contributed by atoms with van der Waals surface area (Å²) in [6.45, 7) is 1.08. The highest BCUT2D eigenvalue weighted by Gasteiger charge is 2.27. The molecule has 1 N–H and O–H groups in total. The number of benzene rings is 2. The van der Waals surface area contributed by atoms with Crippen molar-refractivity contribution in [2.24, 2.45) is 5.92 Å². The molecule has 5 nitrogen and oxygen atoms in total. The van der Waals surface area contributed by atoms with Crippen LogP contribution >= 0.6 is 0 Å². The molecule has 2 aromatic rings. The maximum absolute atomic E-state index is 14.1. The largest absolute Gasteiger partial charge is 0.496 e. The van der Waals surface area contributed by atoms with E-state index in [-0.39, 0.29) is 22.8 Å². The molecule has 1 amide bonds. The maximum Gasteiger partial charge on any atom is 0.335 e. The number of aromatic carboxylic acids is 1. The molecule has 1 heterocycles. The minimum atomic E-state index is -0.934. The van der Waals surface area contributed by atoms with Gasteiger partial charge in [0.1, 0.15) is 17.1 Å². The molecule has 2 aromatic carbocycles. The summed E-state index contributed by atoms with van der Waals surface area (Å²) < 4.78 is 19.3. The van der Waals surface area contributed by atoms with Crippen LogP contribution in [0.4, 0.5) is 4.39 Å². The van der Waals surface area contributed by atoms with E-state index in [1.807, 2.05) is 6.07 Å². The summed E-state index contributed by atoms with van der Waals surface area (Å²) in [7, 11) is 1.42. The first-order chi connectivity index (χ1) is 13.0. The van der Waals surface area contributed by atoms with E-state index >= 15 is 0 Å². The Hall–Kier alpha value is -2.89. The molecule has 0 radical (unpaired) electrons. The molecule has 6 heteroatoms. The molecule has 0 aromatic heterocycles. The van der Waals surface area contributed by atoms with Crippen LogP contribution in [0.3, 0.4) is 0 Å². The molecule has 1 saturated heterocycles. The van der Waals surface area contributed by atoms with Crippen molar-refractivity contribution in [2.75, 3.05) is 20.2 Å². The van der Waals surface area contributed by atoms with Crippen molar-refractivity contribution >= 4 is 11.9 Å². The van der Waals surface area contributed by atoms with E-state index in [4.69, 9.17) is 9.84 Å². The number of piperidine rings is 1. The highest BCUT2D eigenvalue weighted by molar-refractivity contribution is 5.97. The molecule has 0 aliphatic carbocycles. The zero-order chi connectivity index (χ0) is 19.4. The quantitative estimate of drug-likeness (QED) is 0.872. The lowest BCUT2D eigenvalue weighted by molar-refractivity contribution is 0.0675. The summed E-state index contributed by atoms with van der Waals surface area (Å²) in [5.41, 5.74) is 1.25. The SMILES string of the molecule is COc1cccc(F)c1C(=O)N1CCC(Cc2cccc(C(=O)O)c2)CC1. The van der Waals surface area contributed by atoms with Gasteiger partial charge in [-0.15, -0.1) is 0 Å². The molecule has 0 saturated carbocycles. The molecule has 1 aliphatic heterocycles. The number of hydrogen-bond acceptors (Lipinski definition) is 3. The van der Waals surface area contributed by atoms with Crippen LogP contribution < -0.4 is 4.74 Å². The number of hydrogen-bond donors (Lipinski definition) is 1.